The third kappa shape index (κ3) is 4.11. The zero-order valence-corrected chi connectivity index (χ0v) is 11.1. The Kier molecular flexibility index (Phi) is 5.61. The van der Waals surface area contributed by atoms with Gasteiger partial charge in [-0.15, -0.1) is 0 Å². The maximum absolute atomic E-state index is 11.8. The van der Waals surface area contributed by atoms with Crippen molar-refractivity contribution in [2.24, 2.45) is 5.92 Å². The van der Waals surface area contributed by atoms with Crippen LogP contribution >= 0.6 is 11.8 Å². The number of nitrogens with one attached hydrogen (secondary N) is 1. The summed E-state index contributed by atoms with van der Waals surface area (Å²) in [6.45, 7) is 3.21. The third-order valence-electron chi connectivity index (χ3n) is 2.85. The molecule has 1 heterocycles. The number of nitrogens with zero attached hydrogens (tertiary/aromatic N) is 1. The highest BCUT2D eigenvalue weighted by Crippen LogP contribution is 2.17. The molecule has 0 saturated carbocycles. The van der Waals surface area contributed by atoms with Crippen molar-refractivity contribution < 1.29 is 14.7 Å². The quantitative estimate of drug-likeness (QED) is 0.780. The molecule has 1 fully saturated rings. The van der Waals surface area contributed by atoms with Crippen molar-refractivity contribution in [1.29, 1.82) is 0 Å². The monoisotopic (exact) mass is 260 g/mol. The van der Waals surface area contributed by atoms with Gasteiger partial charge in [-0.3, -0.25) is 0 Å². The summed E-state index contributed by atoms with van der Waals surface area (Å²) in [7, 11) is 0. The van der Waals surface area contributed by atoms with Crippen molar-refractivity contribution in [3.8, 4) is 0 Å². The van der Waals surface area contributed by atoms with Crippen LogP contribution in [0, 0.1) is 5.92 Å². The number of aliphatic carboxylic acids is 1. The number of carboxylic acid groups (broad SMARTS) is 1. The van der Waals surface area contributed by atoms with Crippen LogP contribution in [-0.4, -0.2) is 53.1 Å². The Bertz CT molecular complexity index is 286. The fourth-order valence-electron chi connectivity index (χ4n) is 1.97. The van der Waals surface area contributed by atoms with Crippen LogP contribution in [0.3, 0.4) is 0 Å². The highest BCUT2D eigenvalue weighted by molar-refractivity contribution is 7.98. The maximum atomic E-state index is 11.8. The smallest absolute Gasteiger partial charge is 0.326 e. The summed E-state index contributed by atoms with van der Waals surface area (Å²) in [5, 5.41) is 11.8. The van der Waals surface area contributed by atoms with E-state index in [0.29, 0.717) is 25.4 Å². The first kappa shape index (κ1) is 14.2. The van der Waals surface area contributed by atoms with Gasteiger partial charge in [0, 0.05) is 13.1 Å². The fraction of sp³-hybridized carbons (Fsp3) is 0.818. The molecule has 2 amide bonds. The van der Waals surface area contributed by atoms with Crippen molar-refractivity contribution in [2.75, 3.05) is 25.1 Å². The zero-order valence-electron chi connectivity index (χ0n) is 10.3. The van der Waals surface area contributed by atoms with Gasteiger partial charge in [0.15, 0.2) is 0 Å². The van der Waals surface area contributed by atoms with Gasteiger partial charge in [-0.2, -0.15) is 11.8 Å². The highest BCUT2D eigenvalue weighted by Gasteiger charge is 2.33. The minimum Gasteiger partial charge on any atom is -0.480 e. The predicted octanol–water partition coefficient (Wildman–Crippen LogP) is 1.24. The molecule has 1 rings (SSSR count). The Labute approximate surface area is 106 Å². The normalized spacial score (nSPS) is 21.3. The lowest BCUT2D eigenvalue weighted by Gasteiger charge is -2.22. The first-order valence-corrected chi connectivity index (χ1v) is 7.21. The van der Waals surface area contributed by atoms with E-state index in [4.69, 9.17) is 5.11 Å². The summed E-state index contributed by atoms with van der Waals surface area (Å²) in [6, 6.07) is -0.895. The van der Waals surface area contributed by atoms with Gasteiger partial charge in [0.1, 0.15) is 6.04 Å². The molecule has 0 aromatic heterocycles. The lowest BCUT2D eigenvalue weighted by atomic mass is 10.2. The number of urea groups is 1. The van der Waals surface area contributed by atoms with Gasteiger partial charge in [-0.05, 0) is 30.8 Å². The molecule has 1 unspecified atom stereocenters. The molecule has 17 heavy (non-hydrogen) atoms. The van der Waals surface area contributed by atoms with Crippen molar-refractivity contribution >= 4 is 23.8 Å². The van der Waals surface area contributed by atoms with Crippen molar-refractivity contribution in [1.82, 2.24) is 10.2 Å². The first-order valence-electron chi connectivity index (χ1n) is 5.82. The van der Waals surface area contributed by atoms with Crippen LogP contribution in [0.15, 0.2) is 0 Å². The molecule has 0 aromatic rings. The summed E-state index contributed by atoms with van der Waals surface area (Å²) >= 11 is 1.74. The molecular weight excluding hydrogens is 240 g/mol. The predicted molar refractivity (Wildman–Crippen MR) is 68.3 cm³/mol. The molecule has 0 spiro atoms. The Morgan fingerprint density at radius 1 is 1.59 bits per heavy atom. The largest absolute Gasteiger partial charge is 0.480 e. The molecule has 2 N–H and O–H groups in total. The minimum atomic E-state index is -0.908. The van der Waals surface area contributed by atoms with Crippen LogP contribution in [0.25, 0.3) is 0 Å². The third-order valence-corrected chi connectivity index (χ3v) is 3.75. The summed E-state index contributed by atoms with van der Waals surface area (Å²) in [4.78, 5) is 24.2. The first-order chi connectivity index (χ1) is 8.06. The Morgan fingerprint density at radius 3 is 2.88 bits per heavy atom. The van der Waals surface area contributed by atoms with Gasteiger partial charge in [0.05, 0.1) is 0 Å². The Hall–Kier alpha value is -0.910. The Balaban J connectivity index is 2.39. The Morgan fingerprint density at radius 2 is 2.29 bits per heavy atom. The zero-order chi connectivity index (χ0) is 12.8. The summed E-state index contributed by atoms with van der Waals surface area (Å²) in [6.07, 6.45) is 3.35. The van der Waals surface area contributed by atoms with E-state index in [2.05, 4.69) is 12.2 Å². The topological polar surface area (TPSA) is 69.6 Å². The molecule has 1 aliphatic rings. The molecule has 0 bridgehead atoms. The number of rotatable bonds is 5. The molecule has 2 atom stereocenters. The number of carboxylic acids is 1. The summed E-state index contributed by atoms with van der Waals surface area (Å²) in [5.41, 5.74) is 0. The van der Waals surface area contributed by atoms with Crippen LogP contribution in [0.2, 0.25) is 0 Å². The van der Waals surface area contributed by atoms with Crippen molar-refractivity contribution in [3.63, 3.8) is 0 Å². The van der Waals surface area contributed by atoms with E-state index in [9.17, 15) is 9.59 Å². The van der Waals surface area contributed by atoms with Crippen LogP contribution in [-0.2, 0) is 4.79 Å². The lowest BCUT2D eigenvalue weighted by molar-refractivity contribution is -0.141. The lowest BCUT2D eigenvalue weighted by Crippen LogP contribution is -2.47. The molecule has 1 aliphatic heterocycles. The van der Waals surface area contributed by atoms with E-state index in [0.717, 1.165) is 12.2 Å². The molecule has 0 radical (unpaired) electrons. The second kappa shape index (κ2) is 6.74. The van der Waals surface area contributed by atoms with Gasteiger partial charge in [0.2, 0.25) is 0 Å². The average molecular weight is 260 g/mol. The molecular formula is C11H20N2O3S. The number of hydrogen-bond acceptors (Lipinski definition) is 3. The molecule has 5 nitrogen and oxygen atoms in total. The number of amides is 2. The number of likely N-dealkylation sites (tertiary alicyclic amines) is 1. The van der Waals surface area contributed by atoms with E-state index in [-0.39, 0.29) is 6.03 Å². The summed E-state index contributed by atoms with van der Waals surface area (Å²) < 4.78 is 0. The van der Waals surface area contributed by atoms with E-state index >= 15 is 0 Å². The number of thioether (sulfide) groups is 1. The second-order valence-electron chi connectivity index (χ2n) is 4.44. The van der Waals surface area contributed by atoms with Gasteiger partial charge < -0.3 is 15.3 Å². The molecule has 1 saturated heterocycles. The van der Waals surface area contributed by atoms with Crippen LogP contribution in [0.4, 0.5) is 4.79 Å². The van der Waals surface area contributed by atoms with Gasteiger partial charge in [-0.25, -0.2) is 9.59 Å². The average Bonchev–Trinajstić information content (AvgIpc) is 2.75. The van der Waals surface area contributed by atoms with Gasteiger partial charge in [-0.1, -0.05) is 6.92 Å². The van der Waals surface area contributed by atoms with Crippen molar-refractivity contribution in [2.45, 2.75) is 25.8 Å². The van der Waals surface area contributed by atoms with Gasteiger partial charge in [0.25, 0.3) is 0 Å². The SMILES string of the molecule is CSCC(C)CNC(=O)N1CCC[C@H]1C(=O)O. The fourth-order valence-corrected chi connectivity index (χ4v) is 2.66. The van der Waals surface area contributed by atoms with Crippen LogP contribution in [0.5, 0.6) is 0 Å². The van der Waals surface area contributed by atoms with Crippen LogP contribution in [0.1, 0.15) is 19.8 Å². The highest BCUT2D eigenvalue weighted by atomic mass is 32.2. The molecule has 6 heteroatoms. The second-order valence-corrected chi connectivity index (χ2v) is 5.35. The van der Waals surface area contributed by atoms with E-state index in [1.54, 1.807) is 11.8 Å². The van der Waals surface area contributed by atoms with Crippen molar-refractivity contribution in [3.05, 3.63) is 0 Å². The van der Waals surface area contributed by atoms with E-state index < -0.39 is 12.0 Å². The van der Waals surface area contributed by atoms with Crippen LogP contribution < -0.4 is 5.32 Å². The molecule has 98 valence electrons. The van der Waals surface area contributed by atoms with Gasteiger partial charge >= 0.3 is 12.0 Å². The molecule has 0 aromatic carbocycles. The number of carbonyl (C=O) groups excluding carboxylic acids is 1. The number of carbonyl (C=O) groups is 2. The standard InChI is InChI=1S/C11H20N2O3S/c1-8(7-17-2)6-12-11(16)13-5-3-4-9(13)10(14)15/h8-9H,3-7H2,1-2H3,(H,12,16)(H,14,15)/t8?,9-/m0/s1. The van der Waals surface area contributed by atoms with E-state index in [1.807, 2.05) is 6.26 Å². The van der Waals surface area contributed by atoms with E-state index in [1.165, 1.54) is 4.90 Å². The maximum Gasteiger partial charge on any atom is 0.326 e. The molecule has 0 aliphatic carbocycles. The minimum absolute atomic E-state index is 0.247. The summed E-state index contributed by atoms with van der Waals surface area (Å²) in [5.74, 6) is 0.484. The number of hydrogen-bond donors (Lipinski definition) is 2.